The predicted molar refractivity (Wildman–Crippen MR) is 130 cm³/mol. The van der Waals surface area contributed by atoms with Crippen molar-refractivity contribution in [1.29, 1.82) is 0 Å². The molecule has 174 valence electrons. The maximum Gasteiger partial charge on any atom is 0.284 e. The first kappa shape index (κ1) is 22.2. The molecule has 4 aliphatic rings. The number of carbonyl (C=O) groups is 1. The number of para-hydroxylation sites is 1. The number of nitrogens with zero attached hydrogens (tertiary/aromatic N) is 5. The van der Waals surface area contributed by atoms with E-state index in [9.17, 15) is 9.59 Å². The summed E-state index contributed by atoms with van der Waals surface area (Å²) in [5, 5.41) is 5.17. The van der Waals surface area contributed by atoms with Crippen molar-refractivity contribution < 1.29 is 4.79 Å². The molecule has 4 aliphatic heterocycles. The van der Waals surface area contributed by atoms with Crippen LogP contribution in [-0.2, 0) is 17.8 Å². The summed E-state index contributed by atoms with van der Waals surface area (Å²) in [7, 11) is 0. The average Bonchev–Trinajstić information content (AvgIpc) is 2.99. The Bertz CT molecular complexity index is 1160. The fourth-order valence-electron chi connectivity index (χ4n) is 4.88. The van der Waals surface area contributed by atoms with Gasteiger partial charge < -0.3 is 9.47 Å². The van der Waals surface area contributed by atoms with Crippen LogP contribution < -0.4 is 5.56 Å². The Hall–Kier alpha value is -2.61. The number of fused-ring (bicyclic) bond motifs is 3. The molecule has 1 aromatic carbocycles. The van der Waals surface area contributed by atoms with Crippen molar-refractivity contribution in [3.63, 3.8) is 0 Å². The van der Waals surface area contributed by atoms with Crippen LogP contribution in [0.1, 0.15) is 51.6 Å². The molecule has 0 aromatic heterocycles. The zero-order valence-electron chi connectivity index (χ0n) is 19.4. The number of rotatable bonds is 4. The number of thioether (sulfide) groups is 1. The van der Waals surface area contributed by atoms with Crippen molar-refractivity contribution >= 4 is 17.7 Å². The number of piperidine rings is 1. The van der Waals surface area contributed by atoms with Gasteiger partial charge in [-0.3, -0.25) is 9.59 Å². The number of carbonyl (C=O) groups excluding carboxylic acids is 1. The molecule has 0 bridgehead atoms. The first-order chi connectivity index (χ1) is 16.0. The number of likely N-dealkylation sites (tertiary alicyclic amines) is 1. The smallest absolute Gasteiger partial charge is 0.284 e. The van der Waals surface area contributed by atoms with Gasteiger partial charge in [0.05, 0.1) is 10.9 Å². The van der Waals surface area contributed by atoms with Gasteiger partial charge in [-0.15, -0.1) is 5.10 Å². The average molecular weight is 466 g/mol. The summed E-state index contributed by atoms with van der Waals surface area (Å²) >= 11 is 1.51. The highest BCUT2D eigenvalue weighted by molar-refractivity contribution is 8.00. The van der Waals surface area contributed by atoms with Crippen LogP contribution in [0.15, 0.2) is 40.3 Å². The summed E-state index contributed by atoms with van der Waals surface area (Å²) in [6.45, 7) is 6.72. The maximum atomic E-state index is 13.4. The molecule has 0 radical (unpaired) electrons. The second kappa shape index (κ2) is 9.33. The van der Waals surface area contributed by atoms with E-state index in [0.717, 1.165) is 74.7 Å². The second-order valence-corrected chi connectivity index (χ2v) is 10.6. The van der Waals surface area contributed by atoms with Crippen molar-refractivity contribution in [2.45, 2.75) is 69.3 Å². The standard InChI is InChI=1S/C25H31N5O2S/c1-17-12-15-28(16-13-17)23(31)18(2)33-25-26-22-21(20-11-7-4-8-14-29(20)25)24(32)30(27-22)19-9-5-3-6-10-19/h3,5-6,9-10,17-18H,4,7-8,11-16H2,1-2H3. The predicted octanol–water partition coefficient (Wildman–Crippen LogP) is 4.00. The van der Waals surface area contributed by atoms with Gasteiger partial charge in [0.15, 0.2) is 11.0 Å². The number of hydrogen-bond acceptors (Lipinski definition) is 5. The van der Waals surface area contributed by atoms with E-state index < -0.39 is 0 Å². The quantitative estimate of drug-likeness (QED) is 0.430. The Kier molecular flexibility index (Phi) is 6.27. The number of hydrogen-bond donors (Lipinski definition) is 0. The number of aromatic nitrogens is 4. The minimum absolute atomic E-state index is 0.113. The minimum Gasteiger partial charge on any atom is -0.342 e. The number of amides is 1. The largest absolute Gasteiger partial charge is 0.342 e. The van der Waals surface area contributed by atoms with E-state index in [1.54, 1.807) is 0 Å². The topological polar surface area (TPSA) is 73.0 Å². The Morgan fingerprint density at radius 3 is 2.61 bits per heavy atom. The molecule has 1 aromatic rings. The van der Waals surface area contributed by atoms with Crippen molar-refractivity contribution in [1.82, 2.24) is 24.2 Å². The minimum atomic E-state index is -0.230. The monoisotopic (exact) mass is 465 g/mol. The van der Waals surface area contributed by atoms with E-state index in [2.05, 4.69) is 16.6 Å². The van der Waals surface area contributed by atoms with Crippen LogP contribution >= 0.6 is 11.8 Å². The van der Waals surface area contributed by atoms with Crippen LogP contribution in [0.4, 0.5) is 0 Å². The number of benzene rings is 1. The third-order valence-electron chi connectivity index (χ3n) is 6.89. The molecule has 8 heteroatoms. The van der Waals surface area contributed by atoms with E-state index >= 15 is 0 Å². The van der Waals surface area contributed by atoms with Gasteiger partial charge in [-0.05, 0) is 57.1 Å². The molecule has 5 rings (SSSR count). The van der Waals surface area contributed by atoms with Crippen molar-refractivity contribution in [3.05, 3.63) is 46.4 Å². The fourth-order valence-corrected chi connectivity index (χ4v) is 5.92. The Labute approximate surface area is 198 Å². The molecule has 33 heavy (non-hydrogen) atoms. The van der Waals surface area contributed by atoms with Gasteiger partial charge in [0.2, 0.25) is 5.91 Å². The zero-order valence-corrected chi connectivity index (χ0v) is 20.2. The molecule has 4 heterocycles. The van der Waals surface area contributed by atoms with Crippen LogP contribution in [0.2, 0.25) is 0 Å². The molecular formula is C25H31N5O2S. The molecule has 1 fully saturated rings. The molecule has 1 unspecified atom stereocenters. The molecule has 1 amide bonds. The van der Waals surface area contributed by atoms with Gasteiger partial charge in [0.25, 0.3) is 5.56 Å². The summed E-state index contributed by atoms with van der Waals surface area (Å²) in [5.74, 6) is 1.34. The van der Waals surface area contributed by atoms with Gasteiger partial charge in [-0.25, -0.2) is 4.98 Å². The molecule has 7 nitrogen and oxygen atoms in total. The highest BCUT2D eigenvalue weighted by Crippen LogP contribution is 2.33. The van der Waals surface area contributed by atoms with Gasteiger partial charge in [0.1, 0.15) is 5.56 Å². The summed E-state index contributed by atoms with van der Waals surface area (Å²) in [4.78, 5) is 33.4. The third-order valence-corrected chi connectivity index (χ3v) is 7.97. The van der Waals surface area contributed by atoms with Crippen LogP contribution in [-0.4, -0.2) is 48.5 Å². The maximum absolute atomic E-state index is 13.4. The van der Waals surface area contributed by atoms with Gasteiger partial charge in [0, 0.05) is 25.3 Å². The highest BCUT2D eigenvalue weighted by atomic mass is 32.2. The fraction of sp³-hybridized carbons (Fsp3) is 0.520. The van der Waals surface area contributed by atoms with Crippen molar-refractivity contribution in [3.8, 4) is 17.1 Å². The molecule has 0 N–H and O–H groups in total. The van der Waals surface area contributed by atoms with Crippen molar-refractivity contribution in [2.24, 2.45) is 5.92 Å². The van der Waals surface area contributed by atoms with Crippen molar-refractivity contribution in [2.75, 3.05) is 13.1 Å². The van der Waals surface area contributed by atoms with Gasteiger partial charge in [-0.2, -0.15) is 4.68 Å². The van der Waals surface area contributed by atoms with Gasteiger partial charge in [-0.1, -0.05) is 43.3 Å². The molecule has 1 atom stereocenters. The van der Waals surface area contributed by atoms with E-state index in [1.807, 2.05) is 42.2 Å². The lowest BCUT2D eigenvalue weighted by molar-refractivity contribution is -0.131. The lowest BCUT2D eigenvalue weighted by Crippen LogP contribution is -2.41. The van der Waals surface area contributed by atoms with E-state index in [0.29, 0.717) is 17.3 Å². The van der Waals surface area contributed by atoms with Crippen LogP contribution in [0.25, 0.3) is 17.1 Å². The Morgan fingerprint density at radius 2 is 1.85 bits per heavy atom. The van der Waals surface area contributed by atoms with Crippen LogP contribution in [0.5, 0.6) is 0 Å². The summed E-state index contributed by atoms with van der Waals surface area (Å²) < 4.78 is 3.64. The molecule has 0 saturated carbocycles. The summed E-state index contributed by atoms with van der Waals surface area (Å²) in [6.07, 6.45) is 6.18. The first-order valence-corrected chi connectivity index (χ1v) is 12.9. The SMILES string of the molecule is CC1CCN(C(=O)C(C)Sc2nc3nn(-c4ccccc4)c(=O)c-3c3n2CCCCC3)CC1. The Balaban J connectivity index is 1.52. The first-order valence-electron chi connectivity index (χ1n) is 12.1. The zero-order chi connectivity index (χ0) is 22.9. The van der Waals surface area contributed by atoms with Gasteiger partial charge >= 0.3 is 0 Å². The second-order valence-electron chi connectivity index (χ2n) is 9.32. The molecular weight excluding hydrogens is 434 g/mol. The van der Waals surface area contributed by atoms with E-state index in [-0.39, 0.29) is 16.7 Å². The van der Waals surface area contributed by atoms with Crippen LogP contribution in [0, 0.1) is 5.92 Å². The lowest BCUT2D eigenvalue weighted by Gasteiger charge is -2.32. The molecule has 1 saturated heterocycles. The summed E-state index contributed by atoms with van der Waals surface area (Å²) in [6, 6.07) is 9.50. The highest BCUT2D eigenvalue weighted by Gasteiger charge is 2.30. The lowest BCUT2D eigenvalue weighted by atomic mass is 9.99. The summed E-state index contributed by atoms with van der Waals surface area (Å²) in [5.41, 5.74) is 2.26. The van der Waals surface area contributed by atoms with E-state index in [1.165, 1.54) is 16.4 Å². The van der Waals surface area contributed by atoms with Crippen LogP contribution in [0.3, 0.4) is 0 Å². The normalized spacial score (nSPS) is 18.2. The third kappa shape index (κ3) is 4.33. The molecule has 0 spiro atoms. The van der Waals surface area contributed by atoms with E-state index in [4.69, 9.17) is 4.98 Å². The molecule has 0 aliphatic carbocycles. The Morgan fingerprint density at radius 1 is 1.09 bits per heavy atom.